The van der Waals surface area contributed by atoms with Crippen LogP contribution >= 0.6 is 23.4 Å². The fraction of sp³-hybridized carbons (Fsp3) is 0.200. The van der Waals surface area contributed by atoms with Gasteiger partial charge in [0.2, 0.25) is 5.91 Å². The maximum absolute atomic E-state index is 11.2. The molecule has 78 valence electrons. The molecule has 1 heterocycles. The van der Waals surface area contributed by atoms with Crippen LogP contribution in [-0.2, 0) is 4.79 Å². The van der Waals surface area contributed by atoms with E-state index in [1.807, 2.05) is 19.1 Å². The first-order chi connectivity index (χ1) is 7.15. The van der Waals surface area contributed by atoms with E-state index in [1.54, 1.807) is 12.1 Å². The molecule has 0 bridgehead atoms. The fourth-order valence-electron chi connectivity index (χ4n) is 1.17. The largest absolute Gasteiger partial charge is 0.304 e. The third kappa shape index (κ3) is 2.52. The van der Waals surface area contributed by atoms with Gasteiger partial charge in [0.05, 0.1) is 10.9 Å². The molecular formula is C10H9ClN2OS. The minimum atomic E-state index is -0.0667. The van der Waals surface area contributed by atoms with Gasteiger partial charge in [-0.1, -0.05) is 29.4 Å². The molecule has 2 rings (SSSR count). The molecule has 0 saturated carbocycles. The molecule has 1 amide bonds. The van der Waals surface area contributed by atoms with Gasteiger partial charge in [-0.25, -0.2) is 4.99 Å². The van der Waals surface area contributed by atoms with Crippen molar-refractivity contribution in [1.82, 2.24) is 5.32 Å². The lowest BCUT2D eigenvalue weighted by atomic mass is 10.3. The minimum absolute atomic E-state index is 0.000720. The number of hydrogen-bond donors (Lipinski definition) is 1. The zero-order valence-corrected chi connectivity index (χ0v) is 9.60. The van der Waals surface area contributed by atoms with E-state index in [9.17, 15) is 4.79 Å². The van der Waals surface area contributed by atoms with Crippen molar-refractivity contribution in [2.75, 3.05) is 0 Å². The van der Waals surface area contributed by atoms with Crippen LogP contribution in [0, 0.1) is 0 Å². The molecule has 0 spiro atoms. The summed E-state index contributed by atoms with van der Waals surface area (Å²) in [6.07, 6.45) is 0. The van der Waals surface area contributed by atoms with E-state index in [0.717, 1.165) is 5.69 Å². The summed E-state index contributed by atoms with van der Waals surface area (Å²) in [5.74, 6) is 0.000720. The van der Waals surface area contributed by atoms with Crippen molar-refractivity contribution in [2.24, 2.45) is 4.99 Å². The van der Waals surface area contributed by atoms with Crippen LogP contribution in [-0.4, -0.2) is 16.3 Å². The number of nitrogens with zero attached hydrogens (tertiary/aromatic N) is 1. The molecule has 1 N–H and O–H groups in total. The van der Waals surface area contributed by atoms with Crippen molar-refractivity contribution in [1.29, 1.82) is 0 Å². The third-order valence-corrected chi connectivity index (χ3v) is 3.15. The van der Waals surface area contributed by atoms with Gasteiger partial charge >= 0.3 is 0 Å². The van der Waals surface area contributed by atoms with Crippen LogP contribution < -0.4 is 5.32 Å². The highest BCUT2D eigenvalue weighted by Gasteiger charge is 2.25. The van der Waals surface area contributed by atoms with E-state index in [0.29, 0.717) is 10.2 Å². The normalized spacial score (nSPS) is 23.2. The molecule has 1 fully saturated rings. The molecule has 1 aromatic rings. The second-order valence-electron chi connectivity index (χ2n) is 3.15. The summed E-state index contributed by atoms with van der Waals surface area (Å²) < 4.78 is 0. The Hall–Kier alpha value is -1.00. The number of amides is 1. The zero-order chi connectivity index (χ0) is 10.8. The third-order valence-electron chi connectivity index (χ3n) is 1.93. The summed E-state index contributed by atoms with van der Waals surface area (Å²) in [6.45, 7) is 1.85. The maximum Gasteiger partial charge on any atom is 0.239 e. The number of nitrogens with one attached hydrogen (secondary N) is 1. The summed E-state index contributed by atoms with van der Waals surface area (Å²) in [7, 11) is 0. The van der Waals surface area contributed by atoms with Gasteiger partial charge in [0, 0.05) is 5.02 Å². The molecule has 5 heteroatoms. The number of amidine groups is 1. The minimum Gasteiger partial charge on any atom is -0.304 e. The highest BCUT2D eigenvalue weighted by Crippen LogP contribution is 2.23. The fourth-order valence-corrected chi connectivity index (χ4v) is 2.18. The topological polar surface area (TPSA) is 41.5 Å². The SMILES string of the molecule is C[C@@H]1SC(=Nc2cccc(Cl)c2)NC1=O. The van der Waals surface area contributed by atoms with Crippen LogP contribution in [0.15, 0.2) is 29.3 Å². The molecule has 0 aromatic heterocycles. The Morgan fingerprint density at radius 3 is 2.93 bits per heavy atom. The number of benzene rings is 1. The van der Waals surface area contributed by atoms with Gasteiger partial charge in [-0.2, -0.15) is 0 Å². The summed E-state index contributed by atoms with van der Waals surface area (Å²) in [4.78, 5) is 15.5. The molecule has 1 aliphatic heterocycles. The molecule has 0 aliphatic carbocycles. The maximum atomic E-state index is 11.2. The molecule has 1 saturated heterocycles. The average molecular weight is 241 g/mol. The van der Waals surface area contributed by atoms with E-state index in [-0.39, 0.29) is 11.2 Å². The van der Waals surface area contributed by atoms with Gasteiger partial charge < -0.3 is 5.32 Å². The predicted molar refractivity (Wildman–Crippen MR) is 63.7 cm³/mol. The number of rotatable bonds is 1. The van der Waals surface area contributed by atoms with Gasteiger partial charge in [0.25, 0.3) is 0 Å². The number of aliphatic imine (C=N–C) groups is 1. The summed E-state index contributed by atoms with van der Waals surface area (Å²) in [5.41, 5.74) is 0.749. The lowest BCUT2D eigenvalue weighted by Crippen LogP contribution is -2.23. The van der Waals surface area contributed by atoms with Gasteiger partial charge in [0.1, 0.15) is 0 Å². The van der Waals surface area contributed by atoms with Gasteiger partial charge in [-0.05, 0) is 25.1 Å². The molecule has 0 unspecified atom stereocenters. The van der Waals surface area contributed by atoms with E-state index in [4.69, 9.17) is 11.6 Å². The van der Waals surface area contributed by atoms with Crippen LogP contribution in [0.25, 0.3) is 0 Å². The molecule has 15 heavy (non-hydrogen) atoms. The van der Waals surface area contributed by atoms with Crippen LogP contribution in [0.1, 0.15) is 6.92 Å². The Bertz CT molecular complexity index is 433. The van der Waals surface area contributed by atoms with Gasteiger partial charge in [-0.3, -0.25) is 4.79 Å². The van der Waals surface area contributed by atoms with E-state index in [1.165, 1.54) is 11.8 Å². The molecule has 3 nitrogen and oxygen atoms in total. The number of halogens is 1. The van der Waals surface area contributed by atoms with E-state index >= 15 is 0 Å². The van der Waals surface area contributed by atoms with Crippen molar-refractivity contribution in [3.63, 3.8) is 0 Å². The van der Waals surface area contributed by atoms with Crippen LogP contribution in [0.5, 0.6) is 0 Å². The Balaban J connectivity index is 2.21. The first kappa shape index (κ1) is 10.5. The first-order valence-electron chi connectivity index (χ1n) is 4.47. The van der Waals surface area contributed by atoms with Gasteiger partial charge in [0.15, 0.2) is 5.17 Å². The smallest absolute Gasteiger partial charge is 0.239 e. The second kappa shape index (κ2) is 4.24. The quantitative estimate of drug-likeness (QED) is 0.820. The number of hydrogen-bond acceptors (Lipinski definition) is 3. The molecule has 0 radical (unpaired) electrons. The van der Waals surface area contributed by atoms with E-state index in [2.05, 4.69) is 10.3 Å². The van der Waals surface area contributed by atoms with Crippen LogP contribution in [0.3, 0.4) is 0 Å². The average Bonchev–Trinajstić information content (AvgIpc) is 2.45. The van der Waals surface area contributed by atoms with Gasteiger partial charge in [-0.15, -0.1) is 0 Å². The Morgan fingerprint density at radius 2 is 2.33 bits per heavy atom. The van der Waals surface area contributed by atoms with Crippen LogP contribution in [0.4, 0.5) is 5.69 Å². The summed E-state index contributed by atoms with van der Waals surface area (Å²) >= 11 is 7.24. The number of carbonyl (C=O) groups excluding carboxylic acids is 1. The molecule has 1 aliphatic rings. The van der Waals surface area contributed by atoms with Crippen molar-refractivity contribution in [3.05, 3.63) is 29.3 Å². The van der Waals surface area contributed by atoms with Crippen molar-refractivity contribution in [3.8, 4) is 0 Å². The second-order valence-corrected chi connectivity index (χ2v) is 4.91. The lowest BCUT2D eigenvalue weighted by Gasteiger charge is -1.96. The monoisotopic (exact) mass is 240 g/mol. The molecule has 1 atom stereocenters. The lowest BCUT2D eigenvalue weighted by molar-refractivity contribution is -0.118. The first-order valence-corrected chi connectivity index (χ1v) is 5.73. The van der Waals surface area contributed by atoms with Crippen LogP contribution in [0.2, 0.25) is 5.02 Å². The number of carbonyl (C=O) groups is 1. The highest BCUT2D eigenvalue weighted by atomic mass is 35.5. The Kier molecular flexibility index (Phi) is 2.98. The highest BCUT2D eigenvalue weighted by molar-refractivity contribution is 8.15. The summed E-state index contributed by atoms with van der Waals surface area (Å²) in [6, 6.07) is 7.21. The molecule has 1 aromatic carbocycles. The summed E-state index contributed by atoms with van der Waals surface area (Å²) in [5, 5.41) is 3.91. The Morgan fingerprint density at radius 1 is 1.53 bits per heavy atom. The standard InChI is InChI=1S/C10H9ClN2OS/c1-6-9(14)13-10(15-6)12-8-4-2-3-7(11)5-8/h2-6H,1H3,(H,12,13,14)/t6-/m0/s1. The van der Waals surface area contributed by atoms with Crippen molar-refractivity contribution in [2.45, 2.75) is 12.2 Å². The molecular weight excluding hydrogens is 232 g/mol. The predicted octanol–water partition coefficient (Wildman–Crippen LogP) is 2.58. The Labute approximate surface area is 96.9 Å². The van der Waals surface area contributed by atoms with E-state index < -0.39 is 0 Å². The van der Waals surface area contributed by atoms with Crippen molar-refractivity contribution < 1.29 is 4.79 Å². The number of thioether (sulfide) groups is 1. The van der Waals surface area contributed by atoms with Crippen molar-refractivity contribution >= 4 is 40.1 Å². The zero-order valence-electron chi connectivity index (χ0n) is 8.03.